The van der Waals surface area contributed by atoms with Gasteiger partial charge in [0.05, 0.1) is 5.69 Å². The first-order chi connectivity index (χ1) is 10.7. The number of amides is 1. The van der Waals surface area contributed by atoms with Crippen LogP contribution in [-0.2, 0) is 11.2 Å². The number of nitrogens with zero attached hydrogens (tertiary/aromatic N) is 3. The SMILES string of the molecule is CCc1ncnc(NC2CCN(C(=O)C3CCCC3)C2)c1F. The van der Waals surface area contributed by atoms with Crippen LogP contribution in [0.4, 0.5) is 10.2 Å². The zero-order valence-corrected chi connectivity index (χ0v) is 13.0. The van der Waals surface area contributed by atoms with Gasteiger partial charge in [-0.1, -0.05) is 19.8 Å². The number of aryl methyl sites for hydroxylation is 1. The molecule has 1 aromatic rings. The van der Waals surface area contributed by atoms with Crippen LogP contribution >= 0.6 is 0 Å². The zero-order valence-electron chi connectivity index (χ0n) is 13.0. The third-order valence-corrected chi connectivity index (χ3v) is 4.74. The van der Waals surface area contributed by atoms with Crippen LogP contribution in [0.3, 0.4) is 0 Å². The Bertz CT molecular complexity index is 545. The third kappa shape index (κ3) is 3.05. The second-order valence-electron chi connectivity index (χ2n) is 6.23. The van der Waals surface area contributed by atoms with E-state index in [0.717, 1.165) is 38.6 Å². The maximum Gasteiger partial charge on any atom is 0.225 e. The number of hydrogen-bond acceptors (Lipinski definition) is 4. The van der Waals surface area contributed by atoms with Gasteiger partial charge in [-0.05, 0) is 25.7 Å². The molecule has 0 radical (unpaired) electrons. The maximum atomic E-state index is 14.2. The minimum Gasteiger partial charge on any atom is -0.363 e. The highest BCUT2D eigenvalue weighted by atomic mass is 19.1. The van der Waals surface area contributed by atoms with Crippen molar-refractivity contribution >= 4 is 11.7 Å². The van der Waals surface area contributed by atoms with Gasteiger partial charge >= 0.3 is 0 Å². The van der Waals surface area contributed by atoms with Crippen molar-refractivity contribution in [2.75, 3.05) is 18.4 Å². The normalized spacial score (nSPS) is 22.3. The lowest BCUT2D eigenvalue weighted by Gasteiger charge is -2.21. The molecule has 5 nitrogen and oxygen atoms in total. The Hall–Kier alpha value is -1.72. The molecule has 120 valence electrons. The largest absolute Gasteiger partial charge is 0.363 e. The van der Waals surface area contributed by atoms with Crippen molar-refractivity contribution in [3.8, 4) is 0 Å². The lowest BCUT2D eigenvalue weighted by Crippen LogP contribution is -2.35. The number of rotatable bonds is 4. The number of halogens is 1. The predicted molar refractivity (Wildman–Crippen MR) is 81.9 cm³/mol. The Morgan fingerprint density at radius 3 is 2.86 bits per heavy atom. The fourth-order valence-electron chi connectivity index (χ4n) is 3.46. The van der Waals surface area contributed by atoms with Gasteiger partial charge in [0, 0.05) is 25.0 Å². The molecule has 3 rings (SSSR count). The second kappa shape index (κ2) is 6.58. The van der Waals surface area contributed by atoms with Crippen molar-refractivity contribution in [1.82, 2.24) is 14.9 Å². The lowest BCUT2D eigenvalue weighted by molar-refractivity contribution is -0.134. The summed E-state index contributed by atoms with van der Waals surface area (Å²) in [7, 11) is 0. The summed E-state index contributed by atoms with van der Waals surface area (Å²) in [6, 6.07) is 0.0689. The van der Waals surface area contributed by atoms with Crippen LogP contribution in [0.5, 0.6) is 0 Å². The molecule has 0 bridgehead atoms. The van der Waals surface area contributed by atoms with Crippen LogP contribution in [0.15, 0.2) is 6.33 Å². The van der Waals surface area contributed by atoms with E-state index < -0.39 is 0 Å². The summed E-state index contributed by atoms with van der Waals surface area (Å²) in [4.78, 5) is 22.3. The van der Waals surface area contributed by atoms with E-state index in [9.17, 15) is 9.18 Å². The Balaban J connectivity index is 1.60. The third-order valence-electron chi connectivity index (χ3n) is 4.74. The van der Waals surface area contributed by atoms with Crippen molar-refractivity contribution in [2.24, 2.45) is 5.92 Å². The average Bonchev–Trinajstić information content (AvgIpc) is 3.20. The Morgan fingerprint density at radius 1 is 1.36 bits per heavy atom. The second-order valence-corrected chi connectivity index (χ2v) is 6.23. The Labute approximate surface area is 130 Å². The highest BCUT2D eigenvalue weighted by Gasteiger charge is 2.32. The summed E-state index contributed by atoms with van der Waals surface area (Å²) >= 11 is 0. The number of carbonyl (C=O) groups is 1. The Morgan fingerprint density at radius 2 is 2.14 bits per heavy atom. The quantitative estimate of drug-likeness (QED) is 0.928. The number of likely N-dealkylation sites (tertiary alicyclic amines) is 1. The smallest absolute Gasteiger partial charge is 0.225 e. The maximum absolute atomic E-state index is 14.2. The van der Waals surface area contributed by atoms with Crippen LogP contribution in [0.2, 0.25) is 0 Å². The van der Waals surface area contributed by atoms with Gasteiger partial charge in [-0.2, -0.15) is 0 Å². The van der Waals surface area contributed by atoms with E-state index in [1.807, 2.05) is 11.8 Å². The van der Waals surface area contributed by atoms with Gasteiger partial charge in [-0.25, -0.2) is 14.4 Å². The summed E-state index contributed by atoms with van der Waals surface area (Å²) in [5.41, 5.74) is 0.425. The van der Waals surface area contributed by atoms with Gasteiger partial charge in [0.15, 0.2) is 11.6 Å². The molecule has 1 aliphatic heterocycles. The van der Waals surface area contributed by atoms with E-state index in [0.29, 0.717) is 18.7 Å². The minimum absolute atomic E-state index is 0.0689. The van der Waals surface area contributed by atoms with Gasteiger partial charge in [0.1, 0.15) is 6.33 Å². The monoisotopic (exact) mass is 306 g/mol. The highest BCUT2D eigenvalue weighted by molar-refractivity contribution is 5.79. The topological polar surface area (TPSA) is 58.1 Å². The average molecular weight is 306 g/mol. The minimum atomic E-state index is -0.370. The van der Waals surface area contributed by atoms with E-state index in [1.54, 1.807) is 0 Å². The first-order valence-electron chi connectivity index (χ1n) is 8.23. The molecule has 1 unspecified atom stereocenters. The van der Waals surface area contributed by atoms with E-state index in [2.05, 4.69) is 15.3 Å². The van der Waals surface area contributed by atoms with Gasteiger partial charge in [-0.15, -0.1) is 0 Å². The molecule has 6 heteroatoms. The molecule has 0 aromatic carbocycles. The molecule has 22 heavy (non-hydrogen) atoms. The van der Waals surface area contributed by atoms with E-state index in [1.165, 1.54) is 6.33 Å². The molecular formula is C16H23FN4O. The molecule has 1 saturated heterocycles. The number of hydrogen-bond donors (Lipinski definition) is 1. The van der Waals surface area contributed by atoms with E-state index in [-0.39, 0.29) is 29.5 Å². The first kappa shape index (κ1) is 15.2. The number of aromatic nitrogens is 2. The molecule has 1 saturated carbocycles. The fraction of sp³-hybridized carbons (Fsp3) is 0.688. The summed E-state index contributed by atoms with van der Waals surface area (Å²) in [5.74, 6) is 0.373. The molecule has 1 atom stereocenters. The standard InChI is InChI=1S/C16H23FN4O/c1-2-13-14(17)15(19-10-18-13)20-12-7-8-21(9-12)16(22)11-5-3-4-6-11/h10-12H,2-9H2,1H3,(H,18,19,20). The van der Waals surface area contributed by atoms with Crippen LogP contribution in [0, 0.1) is 11.7 Å². The summed E-state index contributed by atoms with van der Waals surface area (Å²) in [6.07, 6.45) is 7.14. The highest BCUT2D eigenvalue weighted by Crippen LogP contribution is 2.28. The van der Waals surface area contributed by atoms with E-state index in [4.69, 9.17) is 0 Å². The lowest BCUT2D eigenvalue weighted by atomic mass is 10.1. The van der Waals surface area contributed by atoms with E-state index >= 15 is 0 Å². The Kier molecular flexibility index (Phi) is 4.55. The first-order valence-corrected chi connectivity index (χ1v) is 8.23. The summed E-state index contributed by atoms with van der Waals surface area (Å²) in [5, 5.41) is 3.14. The molecule has 1 aliphatic carbocycles. The number of nitrogens with one attached hydrogen (secondary N) is 1. The molecule has 2 heterocycles. The van der Waals surface area contributed by atoms with Crippen molar-refractivity contribution in [2.45, 2.75) is 51.5 Å². The summed E-state index contributed by atoms with van der Waals surface area (Å²) in [6.45, 7) is 3.26. The van der Waals surface area contributed by atoms with Gasteiger partial charge in [-0.3, -0.25) is 4.79 Å². The van der Waals surface area contributed by atoms with Crippen LogP contribution < -0.4 is 5.32 Å². The number of carbonyl (C=O) groups excluding carboxylic acids is 1. The molecule has 1 N–H and O–H groups in total. The molecule has 2 fully saturated rings. The van der Waals surface area contributed by atoms with Crippen molar-refractivity contribution in [3.05, 3.63) is 17.8 Å². The molecule has 2 aliphatic rings. The summed E-state index contributed by atoms with van der Waals surface area (Å²) < 4.78 is 14.2. The molecule has 1 amide bonds. The number of anilines is 1. The van der Waals surface area contributed by atoms with Crippen LogP contribution in [-0.4, -0.2) is 39.9 Å². The zero-order chi connectivity index (χ0) is 15.5. The molecular weight excluding hydrogens is 283 g/mol. The predicted octanol–water partition coefficient (Wildman–Crippen LogP) is 2.38. The van der Waals surface area contributed by atoms with Gasteiger partial charge in [0.2, 0.25) is 5.91 Å². The molecule has 0 spiro atoms. The van der Waals surface area contributed by atoms with Crippen LogP contribution in [0.25, 0.3) is 0 Å². The van der Waals surface area contributed by atoms with Crippen LogP contribution in [0.1, 0.15) is 44.7 Å². The van der Waals surface area contributed by atoms with Gasteiger partial charge in [0.25, 0.3) is 0 Å². The molecule has 1 aromatic heterocycles. The van der Waals surface area contributed by atoms with Crippen molar-refractivity contribution < 1.29 is 9.18 Å². The van der Waals surface area contributed by atoms with Gasteiger partial charge < -0.3 is 10.2 Å². The van der Waals surface area contributed by atoms with Crippen molar-refractivity contribution in [1.29, 1.82) is 0 Å². The van der Waals surface area contributed by atoms with Crippen molar-refractivity contribution in [3.63, 3.8) is 0 Å². The fourth-order valence-corrected chi connectivity index (χ4v) is 3.46.